The molecule has 0 saturated carbocycles. The smallest absolute Gasteiger partial charge is 0.240 e. The SMILES string of the molecule is [2H]c1c([2H])c([2H])c(-c2nc(N3c4ccccc4-c4cccc5cccc3c45)nc(-n3c4ccccc4c4ccccc43)n2)c([2H])c1[2H].c1ccc(-c2ccc(-c3nc(N4c5ccccc5-c5cccc6cccc4c56)nc(-n4c5ccccc5c5ccccc54)n3)cc2)cc1.c1ccc2c(c1)-c1cccc3cccc(c13)N2c1nc(-c2cccc3ccccc23)nc(-n2c3ccccc3c3ccccc32)n1. The number of anilines is 9. The van der Waals surface area contributed by atoms with Gasteiger partial charge in [-0.05, 0) is 128 Å². The first kappa shape index (κ1) is 72.1. The summed E-state index contributed by atoms with van der Waals surface area (Å²) in [6, 6.07) is 145. The van der Waals surface area contributed by atoms with E-state index in [9.17, 15) is 0 Å². The van der Waals surface area contributed by atoms with Gasteiger partial charge in [0.2, 0.25) is 35.7 Å². The molecule has 9 heterocycles. The Morgan fingerprint density at radius 3 is 0.809 bits per heavy atom. The van der Waals surface area contributed by atoms with Gasteiger partial charge in [-0.3, -0.25) is 28.4 Å². The number of benzene rings is 20. The summed E-state index contributed by atoms with van der Waals surface area (Å²) in [6.45, 7) is 0. The Kier molecular flexibility index (Phi) is 16.7. The van der Waals surface area contributed by atoms with Crippen LogP contribution < -0.4 is 14.7 Å². The first-order valence-corrected chi connectivity index (χ1v) is 45.3. The second-order valence-corrected chi connectivity index (χ2v) is 34.0. The monoisotopic (exact) mass is 1740 g/mol. The van der Waals surface area contributed by atoms with E-state index in [1.165, 1.54) is 38.2 Å². The number of rotatable bonds is 10. The van der Waals surface area contributed by atoms with E-state index >= 15 is 0 Å². The van der Waals surface area contributed by atoms with Crippen molar-refractivity contribution in [3.63, 3.8) is 0 Å². The van der Waals surface area contributed by atoms with Crippen molar-refractivity contribution in [2.45, 2.75) is 0 Å². The average Bonchev–Trinajstić information content (AvgIpc) is 0.943. The first-order valence-electron chi connectivity index (χ1n) is 47.8. The summed E-state index contributed by atoms with van der Waals surface area (Å²) in [6.07, 6.45) is 0. The van der Waals surface area contributed by atoms with Crippen molar-refractivity contribution in [1.29, 1.82) is 0 Å². The number of nitrogens with zero attached hydrogens (tertiary/aromatic N) is 15. The maximum Gasteiger partial charge on any atom is 0.240 e. The molecule has 0 radical (unpaired) electrons. The molecule has 15 heteroatoms. The average molecular weight is 1740 g/mol. The summed E-state index contributed by atoms with van der Waals surface area (Å²) in [5.74, 6) is 4.03. The van der Waals surface area contributed by atoms with Gasteiger partial charge in [-0.2, -0.15) is 44.9 Å². The number of fused-ring (bicyclic) bond motifs is 16. The van der Waals surface area contributed by atoms with Gasteiger partial charge < -0.3 is 0 Å². The molecular weight excluding hydrogens is 1660 g/mol. The summed E-state index contributed by atoms with van der Waals surface area (Å²) in [4.78, 5) is 52.9. The molecule has 15 nitrogen and oxygen atoms in total. The minimum absolute atomic E-state index is 0.0209. The summed E-state index contributed by atoms with van der Waals surface area (Å²) in [7, 11) is 0. The van der Waals surface area contributed by atoms with E-state index in [4.69, 9.17) is 51.7 Å². The van der Waals surface area contributed by atoms with Crippen molar-refractivity contribution in [2.24, 2.45) is 0 Å². The fourth-order valence-corrected chi connectivity index (χ4v) is 20.6. The molecule has 0 unspecified atom stereocenters. The van der Waals surface area contributed by atoms with Crippen LogP contribution in [0.4, 0.5) is 52.0 Å². The molecule has 3 aliphatic heterocycles. The molecule has 0 spiro atoms. The van der Waals surface area contributed by atoms with Crippen molar-refractivity contribution in [1.82, 2.24) is 58.6 Å². The van der Waals surface area contributed by atoms with Gasteiger partial charge in [0.25, 0.3) is 0 Å². The third-order valence-corrected chi connectivity index (χ3v) is 26.5. The van der Waals surface area contributed by atoms with Crippen LogP contribution in [0.3, 0.4) is 0 Å². The lowest BCUT2D eigenvalue weighted by atomic mass is 9.91. The van der Waals surface area contributed by atoms with Crippen LogP contribution in [0.5, 0.6) is 0 Å². The molecule has 0 N–H and O–H groups in total. The van der Waals surface area contributed by atoms with Crippen LogP contribution in [0.2, 0.25) is 0 Å². The zero-order chi connectivity index (χ0) is 93.8. The van der Waals surface area contributed by atoms with Gasteiger partial charge in [0.15, 0.2) is 17.5 Å². The highest BCUT2D eigenvalue weighted by molar-refractivity contribution is 6.18. The Morgan fingerprint density at radius 1 is 0.162 bits per heavy atom. The lowest BCUT2D eigenvalue weighted by molar-refractivity contribution is 0.933. The molecule has 0 saturated heterocycles. The molecule has 0 amide bonds. The van der Waals surface area contributed by atoms with E-state index in [-0.39, 0.29) is 35.4 Å². The molecule has 136 heavy (non-hydrogen) atoms. The van der Waals surface area contributed by atoms with Crippen LogP contribution in [0.15, 0.2) is 455 Å². The van der Waals surface area contributed by atoms with Crippen LogP contribution in [-0.4, -0.2) is 58.6 Å². The van der Waals surface area contributed by atoms with Gasteiger partial charge in [-0.1, -0.05) is 382 Å². The standard InChI is InChI=1S/C43H27N5.C41H25N5.C37H23N5/c1-2-12-28(13-3-1)29-24-26-31(27-25-29)41-44-42(47-36-20-7-4-16-32(36)33-17-5-8-21-37(33)47)46-43(45-41)48-38-22-9-6-18-34(38)35-19-10-14-30-15-11-23-39(48)40(30)35;1-2-16-28-26(12-1)13-9-21-33(28)39-42-40(45-34-22-6-3-17-29(34)30-18-4-7-23-35(30)45)44-41(43-39)46-36-24-8-5-19-31(36)32-20-10-14-27-15-11-25-37(46)38(27)32;1-2-12-25(13-3-1)35-38-36(41-30-20-7-4-16-26(30)27-17-5-8-21-31(27)41)40-37(39-35)42-32-22-9-6-18-28(32)29-19-10-14-24-15-11-23-33(42)34(24)29/h1-27H;1-25H;1-23H/i;;1D,2D,3D,12D,13D. The maximum absolute atomic E-state index is 8.81. The molecule has 6 aromatic heterocycles. The third-order valence-electron chi connectivity index (χ3n) is 26.5. The Morgan fingerprint density at radius 2 is 0.419 bits per heavy atom. The van der Waals surface area contributed by atoms with Crippen molar-refractivity contribution in [3.05, 3.63) is 455 Å². The maximum atomic E-state index is 8.81. The van der Waals surface area contributed by atoms with Crippen LogP contribution in [0.1, 0.15) is 6.85 Å². The van der Waals surface area contributed by atoms with Crippen LogP contribution in [0, 0.1) is 0 Å². The van der Waals surface area contributed by atoms with Gasteiger partial charge >= 0.3 is 0 Å². The Labute approximate surface area is 787 Å². The second-order valence-electron chi connectivity index (χ2n) is 34.0. The highest BCUT2D eigenvalue weighted by atomic mass is 15.4. The van der Waals surface area contributed by atoms with E-state index in [0.29, 0.717) is 35.4 Å². The van der Waals surface area contributed by atoms with Crippen LogP contribution in [-0.2, 0) is 0 Å². The number of aromatic nitrogens is 12. The van der Waals surface area contributed by atoms with E-state index in [1.807, 2.05) is 100 Å². The van der Waals surface area contributed by atoms with E-state index in [2.05, 4.69) is 353 Å². The van der Waals surface area contributed by atoms with Gasteiger partial charge in [0, 0.05) is 81.9 Å². The summed E-state index contributed by atoms with van der Waals surface area (Å²) < 4.78 is 48.9. The van der Waals surface area contributed by atoms with Gasteiger partial charge in [0.05, 0.1) is 74.1 Å². The van der Waals surface area contributed by atoms with Crippen LogP contribution >= 0.6 is 0 Å². The highest BCUT2D eigenvalue weighted by Gasteiger charge is 2.34. The first-order chi connectivity index (χ1) is 69.6. The minimum Gasteiger partial charge on any atom is -0.278 e. The van der Waals surface area contributed by atoms with E-state index in [1.54, 1.807) is 0 Å². The third kappa shape index (κ3) is 12.5. The molecule has 26 aromatic rings. The molecule has 3 aliphatic rings. The quantitative estimate of drug-likeness (QED) is 0.129. The van der Waals surface area contributed by atoms with E-state index < -0.39 is 18.1 Å². The molecular formula is C121H75N15. The predicted octanol–water partition coefficient (Wildman–Crippen LogP) is 30.5. The number of hydrogen-bond acceptors (Lipinski definition) is 12. The predicted molar refractivity (Wildman–Crippen MR) is 555 cm³/mol. The molecule has 29 rings (SSSR count). The Bertz CT molecular complexity index is 9510. The number of hydrogen-bond donors (Lipinski definition) is 0. The zero-order valence-electron chi connectivity index (χ0n) is 77.6. The Hall–Kier alpha value is -18.7. The van der Waals surface area contributed by atoms with Gasteiger partial charge in [-0.25, -0.2) is 0 Å². The molecule has 634 valence electrons. The molecule has 0 bridgehead atoms. The lowest BCUT2D eigenvalue weighted by Crippen LogP contribution is -2.19. The summed E-state index contributed by atoms with van der Waals surface area (Å²) in [5.41, 5.74) is 22.7. The fraction of sp³-hybridized carbons (Fsp3) is 0. The largest absolute Gasteiger partial charge is 0.278 e. The van der Waals surface area contributed by atoms with Crippen molar-refractivity contribution >= 4 is 160 Å². The van der Waals surface area contributed by atoms with Gasteiger partial charge in [0.1, 0.15) is 0 Å². The summed E-state index contributed by atoms with van der Waals surface area (Å²) in [5, 5.41) is 15.7. The summed E-state index contributed by atoms with van der Waals surface area (Å²) >= 11 is 0. The van der Waals surface area contributed by atoms with Gasteiger partial charge in [-0.15, -0.1) is 0 Å². The van der Waals surface area contributed by atoms with E-state index in [0.717, 1.165) is 160 Å². The highest BCUT2D eigenvalue weighted by Crippen LogP contribution is 2.55. The minimum atomic E-state index is -0.478. The second kappa shape index (κ2) is 31.6. The lowest BCUT2D eigenvalue weighted by Gasteiger charge is -2.32. The number of para-hydroxylation sites is 9. The van der Waals surface area contributed by atoms with Crippen molar-refractivity contribution < 1.29 is 6.85 Å². The topological polar surface area (TPSA) is 141 Å². The zero-order valence-corrected chi connectivity index (χ0v) is 72.6. The van der Waals surface area contributed by atoms with Crippen molar-refractivity contribution in [2.75, 3.05) is 14.7 Å². The molecule has 20 aromatic carbocycles. The molecule has 0 atom stereocenters. The fourth-order valence-electron chi connectivity index (χ4n) is 20.6. The molecule has 0 aliphatic carbocycles. The van der Waals surface area contributed by atoms with Crippen LogP contribution in [0.25, 0.3) is 205 Å². The normalized spacial score (nSPS) is 12.7. The molecule has 0 fully saturated rings. The Balaban J connectivity index is 0.000000106. The van der Waals surface area contributed by atoms with Crippen molar-refractivity contribution in [3.8, 4) is 96.5 Å².